The fourth-order valence-electron chi connectivity index (χ4n) is 4.67. The van der Waals surface area contributed by atoms with Crippen LogP contribution in [0.2, 0.25) is 5.15 Å². The summed E-state index contributed by atoms with van der Waals surface area (Å²) in [5, 5.41) is 1.39. The number of nitrogens with zero attached hydrogens (tertiary/aromatic N) is 3. The van der Waals surface area contributed by atoms with Gasteiger partial charge in [-0.05, 0) is 49.7 Å². The first-order valence-electron chi connectivity index (χ1n) is 11.1. The van der Waals surface area contributed by atoms with E-state index in [4.69, 9.17) is 26.1 Å². The van der Waals surface area contributed by atoms with Crippen molar-refractivity contribution in [3.05, 3.63) is 72.1 Å². The second-order valence-electron chi connectivity index (χ2n) is 8.46. The standard InChI is InChI=1S/C27H26ClN3O2/c1-17-15-31(16-18(2)33-17)20-11-9-19(10-12-20)24-14-30-25-21(22-8-5-13-29-27(22)28)6-4-7-23(25)26(24)32-3/h4-14,17-18H,15-16H2,1-3H3/t17-,18+. The molecule has 5 rings (SSSR count). The van der Waals surface area contributed by atoms with Crippen molar-refractivity contribution in [1.29, 1.82) is 0 Å². The molecular weight excluding hydrogens is 434 g/mol. The number of hydrogen-bond donors (Lipinski definition) is 0. The molecule has 2 aromatic carbocycles. The molecule has 1 saturated heterocycles. The zero-order valence-electron chi connectivity index (χ0n) is 19.0. The molecule has 6 heteroatoms. The molecule has 33 heavy (non-hydrogen) atoms. The molecule has 1 fully saturated rings. The highest BCUT2D eigenvalue weighted by molar-refractivity contribution is 6.32. The minimum atomic E-state index is 0.223. The summed E-state index contributed by atoms with van der Waals surface area (Å²) in [6, 6.07) is 18.5. The summed E-state index contributed by atoms with van der Waals surface area (Å²) in [6.07, 6.45) is 4.01. The SMILES string of the molecule is COc1c(-c2ccc(N3C[C@@H](C)O[C@@H](C)C3)cc2)cnc2c(-c3cccnc3Cl)cccc12. The molecule has 0 bridgehead atoms. The maximum Gasteiger partial charge on any atom is 0.137 e. The largest absolute Gasteiger partial charge is 0.495 e. The van der Waals surface area contributed by atoms with Gasteiger partial charge in [-0.1, -0.05) is 35.9 Å². The van der Waals surface area contributed by atoms with Gasteiger partial charge in [0, 0.05) is 53.2 Å². The van der Waals surface area contributed by atoms with Crippen molar-refractivity contribution in [2.45, 2.75) is 26.1 Å². The Morgan fingerprint density at radius 1 is 0.909 bits per heavy atom. The third-order valence-corrected chi connectivity index (χ3v) is 6.37. The number of hydrogen-bond acceptors (Lipinski definition) is 5. The molecule has 0 saturated carbocycles. The Hall–Kier alpha value is -3.15. The highest BCUT2D eigenvalue weighted by atomic mass is 35.5. The van der Waals surface area contributed by atoms with Crippen LogP contribution in [0.3, 0.4) is 0 Å². The molecule has 1 aliphatic rings. The molecule has 0 spiro atoms. The van der Waals surface area contributed by atoms with Gasteiger partial charge in [0.05, 0.1) is 24.8 Å². The van der Waals surface area contributed by atoms with Crippen LogP contribution in [0.5, 0.6) is 5.75 Å². The number of para-hydroxylation sites is 1. The fourth-order valence-corrected chi connectivity index (χ4v) is 4.89. The van der Waals surface area contributed by atoms with E-state index < -0.39 is 0 Å². The first kappa shape index (κ1) is 21.7. The Labute approximate surface area is 199 Å². The Bertz CT molecular complexity index is 1280. The number of fused-ring (bicyclic) bond motifs is 1. The van der Waals surface area contributed by atoms with Crippen LogP contribution in [0.25, 0.3) is 33.2 Å². The monoisotopic (exact) mass is 459 g/mol. The molecule has 5 nitrogen and oxygen atoms in total. The first-order valence-corrected chi connectivity index (χ1v) is 11.5. The summed E-state index contributed by atoms with van der Waals surface area (Å²) in [4.78, 5) is 11.4. The van der Waals surface area contributed by atoms with Crippen LogP contribution >= 0.6 is 11.6 Å². The topological polar surface area (TPSA) is 47.5 Å². The van der Waals surface area contributed by atoms with Gasteiger partial charge in [-0.15, -0.1) is 0 Å². The van der Waals surface area contributed by atoms with E-state index in [1.807, 2.05) is 36.5 Å². The van der Waals surface area contributed by atoms with Gasteiger partial charge in [-0.25, -0.2) is 4.98 Å². The molecule has 1 aliphatic heterocycles. The van der Waals surface area contributed by atoms with Crippen LogP contribution < -0.4 is 9.64 Å². The van der Waals surface area contributed by atoms with Crippen LogP contribution in [0.1, 0.15) is 13.8 Å². The molecule has 0 unspecified atom stereocenters. The summed E-state index contributed by atoms with van der Waals surface area (Å²) in [6.45, 7) is 6.03. The van der Waals surface area contributed by atoms with Crippen LogP contribution in [0.4, 0.5) is 5.69 Å². The first-order chi connectivity index (χ1) is 16.0. The van der Waals surface area contributed by atoms with Gasteiger partial charge >= 0.3 is 0 Å². The number of pyridine rings is 2. The van der Waals surface area contributed by atoms with Crippen molar-refractivity contribution in [1.82, 2.24) is 9.97 Å². The number of anilines is 1. The Kier molecular flexibility index (Phi) is 5.92. The molecule has 168 valence electrons. The molecule has 0 radical (unpaired) electrons. The van der Waals surface area contributed by atoms with Gasteiger partial charge in [-0.2, -0.15) is 0 Å². The van der Waals surface area contributed by atoms with Gasteiger partial charge in [0.1, 0.15) is 10.9 Å². The number of aromatic nitrogens is 2. The summed E-state index contributed by atoms with van der Waals surface area (Å²) in [5.74, 6) is 0.795. The Morgan fingerprint density at radius 2 is 1.64 bits per heavy atom. The van der Waals surface area contributed by atoms with E-state index in [0.29, 0.717) is 5.15 Å². The smallest absolute Gasteiger partial charge is 0.137 e. The summed E-state index contributed by atoms with van der Waals surface area (Å²) in [5.41, 5.74) is 5.83. The Balaban J connectivity index is 1.55. The third-order valence-electron chi connectivity index (χ3n) is 6.06. The summed E-state index contributed by atoms with van der Waals surface area (Å²) in [7, 11) is 1.70. The van der Waals surface area contributed by atoms with Crippen molar-refractivity contribution in [2.75, 3.05) is 25.1 Å². The molecule has 2 atom stereocenters. The minimum absolute atomic E-state index is 0.223. The number of halogens is 1. The van der Waals surface area contributed by atoms with Crippen LogP contribution in [0, 0.1) is 0 Å². The van der Waals surface area contributed by atoms with E-state index in [-0.39, 0.29) is 12.2 Å². The normalized spacial score (nSPS) is 18.5. The quantitative estimate of drug-likeness (QED) is 0.338. The van der Waals surface area contributed by atoms with Gasteiger partial charge in [0.2, 0.25) is 0 Å². The van der Waals surface area contributed by atoms with Crippen molar-refractivity contribution >= 4 is 28.2 Å². The molecule has 2 aromatic heterocycles. The molecule has 4 aromatic rings. The van der Waals surface area contributed by atoms with Gasteiger partial charge < -0.3 is 14.4 Å². The highest BCUT2D eigenvalue weighted by Crippen LogP contribution is 2.40. The lowest BCUT2D eigenvalue weighted by molar-refractivity contribution is -0.00521. The van der Waals surface area contributed by atoms with Crippen molar-refractivity contribution < 1.29 is 9.47 Å². The van der Waals surface area contributed by atoms with Crippen molar-refractivity contribution in [3.8, 4) is 28.0 Å². The van der Waals surface area contributed by atoms with Gasteiger partial charge in [-0.3, -0.25) is 4.98 Å². The van der Waals surface area contributed by atoms with Gasteiger partial charge in [0.15, 0.2) is 0 Å². The van der Waals surface area contributed by atoms with Crippen LogP contribution in [0.15, 0.2) is 67.0 Å². The molecular formula is C27H26ClN3O2. The number of benzene rings is 2. The number of morpholine rings is 1. The van der Waals surface area contributed by atoms with E-state index in [1.54, 1.807) is 13.3 Å². The van der Waals surface area contributed by atoms with Crippen molar-refractivity contribution in [2.24, 2.45) is 0 Å². The maximum atomic E-state index is 6.37. The third kappa shape index (κ3) is 4.14. The van der Waals surface area contributed by atoms with E-state index in [1.165, 1.54) is 5.69 Å². The molecule has 3 heterocycles. The zero-order chi connectivity index (χ0) is 22.9. The minimum Gasteiger partial charge on any atom is -0.495 e. The van der Waals surface area contributed by atoms with Gasteiger partial charge in [0.25, 0.3) is 0 Å². The highest BCUT2D eigenvalue weighted by Gasteiger charge is 2.22. The number of ether oxygens (including phenoxy) is 2. The lowest BCUT2D eigenvalue weighted by atomic mass is 9.99. The van der Waals surface area contributed by atoms with E-state index in [0.717, 1.165) is 52.0 Å². The predicted octanol–water partition coefficient (Wildman–Crippen LogP) is 6.24. The van der Waals surface area contributed by atoms with Crippen LogP contribution in [-0.2, 0) is 4.74 Å². The molecule has 0 N–H and O–H groups in total. The van der Waals surface area contributed by atoms with E-state index >= 15 is 0 Å². The van der Waals surface area contributed by atoms with E-state index in [9.17, 15) is 0 Å². The lowest BCUT2D eigenvalue weighted by Crippen LogP contribution is -2.45. The second kappa shape index (κ2) is 9.00. The zero-order valence-corrected chi connectivity index (χ0v) is 19.7. The summed E-state index contributed by atoms with van der Waals surface area (Å²) >= 11 is 6.37. The van der Waals surface area contributed by atoms with Crippen LogP contribution in [-0.4, -0.2) is 42.4 Å². The number of rotatable bonds is 4. The number of methoxy groups -OCH3 is 1. The maximum absolute atomic E-state index is 6.37. The average molecular weight is 460 g/mol. The Morgan fingerprint density at radius 3 is 2.33 bits per heavy atom. The fraction of sp³-hybridized carbons (Fsp3) is 0.259. The summed E-state index contributed by atoms with van der Waals surface area (Å²) < 4.78 is 11.8. The predicted molar refractivity (Wildman–Crippen MR) is 134 cm³/mol. The average Bonchev–Trinajstić information content (AvgIpc) is 2.83. The molecule has 0 aliphatic carbocycles. The second-order valence-corrected chi connectivity index (χ2v) is 8.82. The van der Waals surface area contributed by atoms with E-state index in [2.05, 4.69) is 48.0 Å². The lowest BCUT2D eigenvalue weighted by Gasteiger charge is -2.36. The molecule has 0 amide bonds. The van der Waals surface area contributed by atoms with Crippen molar-refractivity contribution in [3.63, 3.8) is 0 Å².